The summed E-state index contributed by atoms with van der Waals surface area (Å²) in [5.41, 5.74) is 0.609. The average Bonchev–Trinajstić information content (AvgIpc) is 2.54. The van der Waals surface area contributed by atoms with E-state index in [1.54, 1.807) is 36.5 Å². The van der Waals surface area contributed by atoms with E-state index in [1.807, 2.05) is 6.92 Å². The summed E-state index contributed by atoms with van der Waals surface area (Å²) in [5.74, 6) is 0.207. The first-order chi connectivity index (χ1) is 11.4. The van der Waals surface area contributed by atoms with Gasteiger partial charge in [-0.05, 0) is 48.9 Å². The third-order valence-electron chi connectivity index (χ3n) is 2.98. The van der Waals surface area contributed by atoms with Crippen LogP contribution in [0.15, 0.2) is 42.6 Å². The molecule has 0 bridgehead atoms. The van der Waals surface area contributed by atoms with Crippen molar-refractivity contribution in [1.82, 2.24) is 4.98 Å². The van der Waals surface area contributed by atoms with Crippen molar-refractivity contribution in [2.24, 2.45) is 0 Å². The highest BCUT2D eigenvalue weighted by molar-refractivity contribution is 6.33. The molecule has 0 unspecified atom stereocenters. The van der Waals surface area contributed by atoms with Crippen LogP contribution in [0.1, 0.15) is 12.5 Å². The molecule has 0 saturated carbocycles. The predicted octanol–water partition coefficient (Wildman–Crippen LogP) is 4.37. The molecule has 1 atom stereocenters. The Balaban J connectivity index is 1.92. The van der Waals surface area contributed by atoms with Gasteiger partial charge in [0.2, 0.25) is 0 Å². The second kappa shape index (κ2) is 8.57. The maximum absolute atomic E-state index is 10.5. The lowest BCUT2D eigenvalue weighted by atomic mass is 10.2. The molecule has 5 nitrogen and oxygen atoms in total. The normalized spacial score (nSPS) is 12.1. The molecule has 0 aliphatic carbocycles. The predicted molar refractivity (Wildman–Crippen MR) is 95.9 cm³/mol. The summed E-state index contributed by atoms with van der Waals surface area (Å²) in [6, 6.07) is 8.72. The number of rotatable bonds is 7. The van der Waals surface area contributed by atoms with Crippen LogP contribution in [0, 0.1) is 0 Å². The standard InChI is InChI=1S/C17H16Cl2N2O3/c1-11(10-24-14-5-3-13(18)4-6-14)21-17-15(19)8-12(9-20-17)2-7-16(22)23/h2-9,11H,10H2,1H3,(H,20,21)(H,22,23)/t11-/m1/s1. The number of halogens is 2. The largest absolute Gasteiger partial charge is 0.491 e. The number of ether oxygens (including phenoxy) is 1. The number of aliphatic carboxylic acids is 1. The minimum atomic E-state index is -1.03. The minimum Gasteiger partial charge on any atom is -0.491 e. The topological polar surface area (TPSA) is 71.5 Å². The Bertz CT molecular complexity index is 733. The molecular weight excluding hydrogens is 351 g/mol. The first kappa shape index (κ1) is 18.1. The van der Waals surface area contributed by atoms with Gasteiger partial charge in [-0.3, -0.25) is 0 Å². The molecule has 2 rings (SSSR count). The number of benzene rings is 1. The van der Waals surface area contributed by atoms with Gasteiger partial charge in [0, 0.05) is 17.3 Å². The van der Waals surface area contributed by atoms with Crippen molar-refractivity contribution in [3.8, 4) is 5.75 Å². The van der Waals surface area contributed by atoms with E-state index < -0.39 is 5.97 Å². The number of pyridine rings is 1. The number of hydrogen-bond acceptors (Lipinski definition) is 4. The molecule has 126 valence electrons. The minimum absolute atomic E-state index is 0.0360. The lowest BCUT2D eigenvalue weighted by molar-refractivity contribution is -0.131. The molecule has 1 aromatic carbocycles. The molecule has 0 amide bonds. The summed E-state index contributed by atoms with van der Waals surface area (Å²) < 4.78 is 5.66. The van der Waals surface area contributed by atoms with Crippen LogP contribution in [0.25, 0.3) is 6.08 Å². The molecule has 0 fully saturated rings. The Morgan fingerprint density at radius 1 is 1.38 bits per heavy atom. The molecule has 2 aromatic rings. The second-order valence-corrected chi connectivity index (χ2v) is 5.92. The summed E-state index contributed by atoms with van der Waals surface area (Å²) in [5, 5.41) is 12.8. The number of hydrogen-bond donors (Lipinski definition) is 2. The fourth-order valence-corrected chi connectivity index (χ4v) is 2.20. The Morgan fingerprint density at radius 2 is 2.08 bits per heavy atom. The van der Waals surface area contributed by atoms with Crippen LogP contribution in [-0.2, 0) is 4.79 Å². The van der Waals surface area contributed by atoms with Gasteiger partial charge in [0.1, 0.15) is 18.2 Å². The van der Waals surface area contributed by atoms with Gasteiger partial charge in [-0.1, -0.05) is 23.2 Å². The van der Waals surface area contributed by atoms with Gasteiger partial charge in [-0.15, -0.1) is 0 Å². The Kier molecular flexibility index (Phi) is 6.46. The molecule has 1 heterocycles. The molecule has 1 aromatic heterocycles. The molecule has 0 aliphatic heterocycles. The van der Waals surface area contributed by atoms with Gasteiger partial charge in [0.05, 0.1) is 11.1 Å². The molecule has 7 heteroatoms. The summed E-state index contributed by atoms with van der Waals surface area (Å²) >= 11 is 12.0. The van der Waals surface area contributed by atoms with Crippen LogP contribution < -0.4 is 10.1 Å². The van der Waals surface area contributed by atoms with Crippen molar-refractivity contribution >= 4 is 41.1 Å². The summed E-state index contributed by atoms with van der Waals surface area (Å²) in [6.07, 6.45) is 4.00. The van der Waals surface area contributed by atoms with Gasteiger partial charge < -0.3 is 15.2 Å². The average molecular weight is 367 g/mol. The number of carboxylic acids is 1. The summed E-state index contributed by atoms with van der Waals surface area (Å²) in [4.78, 5) is 14.7. The van der Waals surface area contributed by atoms with Gasteiger partial charge in [-0.2, -0.15) is 0 Å². The Labute approximate surface area is 149 Å². The highest BCUT2D eigenvalue weighted by Crippen LogP contribution is 2.22. The first-order valence-electron chi connectivity index (χ1n) is 7.15. The van der Waals surface area contributed by atoms with Crippen molar-refractivity contribution in [3.63, 3.8) is 0 Å². The van der Waals surface area contributed by atoms with Gasteiger partial charge in [0.15, 0.2) is 0 Å². The quantitative estimate of drug-likeness (QED) is 0.712. The van der Waals surface area contributed by atoms with Crippen LogP contribution >= 0.6 is 23.2 Å². The second-order valence-electron chi connectivity index (χ2n) is 5.08. The Hall–Kier alpha value is -2.24. The van der Waals surface area contributed by atoms with E-state index in [0.29, 0.717) is 28.0 Å². The third kappa shape index (κ3) is 5.76. The van der Waals surface area contributed by atoms with Crippen molar-refractivity contribution in [1.29, 1.82) is 0 Å². The fraction of sp³-hybridized carbons (Fsp3) is 0.176. The van der Waals surface area contributed by atoms with E-state index >= 15 is 0 Å². The van der Waals surface area contributed by atoms with Crippen LogP contribution in [0.4, 0.5) is 5.82 Å². The lowest BCUT2D eigenvalue weighted by Gasteiger charge is -2.16. The number of carbonyl (C=O) groups is 1. The van der Waals surface area contributed by atoms with Crippen LogP contribution in [0.5, 0.6) is 5.75 Å². The number of carboxylic acid groups (broad SMARTS) is 1. The van der Waals surface area contributed by atoms with Crippen molar-refractivity contribution in [3.05, 3.63) is 58.2 Å². The zero-order chi connectivity index (χ0) is 17.5. The molecular formula is C17H16Cl2N2O3. The van der Waals surface area contributed by atoms with E-state index in [2.05, 4.69) is 10.3 Å². The number of nitrogens with zero attached hydrogens (tertiary/aromatic N) is 1. The van der Waals surface area contributed by atoms with Crippen molar-refractivity contribution in [2.75, 3.05) is 11.9 Å². The van der Waals surface area contributed by atoms with Gasteiger partial charge in [0.25, 0.3) is 0 Å². The lowest BCUT2D eigenvalue weighted by Crippen LogP contribution is -2.24. The zero-order valence-corrected chi connectivity index (χ0v) is 14.4. The maximum Gasteiger partial charge on any atom is 0.328 e. The molecule has 0 aliphatic rings. The van der Waals surface area contributed by atoms with Crippen LogP contribution in [0.3, 0.4) is 0 Å². The molecule has 0 spiro atoms. The van der Waals surface area contributed by atoms with E-state index in [0.717, 1.165) is 11.8 Å². The highest BCUT2D eigenvalue weighted by atomic mass is 35.5. The SMILES string of the molecule is C[C@H](COc1ccc(Cl)cc1)Nc1ncc(C=CC(=O)O)cc1Cl. The molecule has 24 heavy (non-hydrogen) atoms. The third-order valence-corrected chi connectivity index (χ3v) is 3.52. The van der Waals surface area contributed by atoms with Crippen molar-refractivity contribution < 1.29 is 14.6 Å². The summed E-state index contributed by atoms with van der Waals surface area (Å²) in [7, 11) is 0. The van der Waals surface area contributed by atoms with E-state index in [9.17, 15) is 4.79 Å². The zero-order valence-electron chi connectivity index (χ0n) is 12.9. The van der Waals surface area contributed by atoms with E-state index in [-0.39, 0.29) is 6.04 Å². The maximum atomic E-state index is 10.5. The fourth-order valence-electron chi connectivity index (χ4n) is 1.84. The number of nitrogens with one attached hydrogen (secondary N) is 1. The monoisotopic (exact) mass is 366 g/mol. The Morgan fingerprint density at radius 3 is 2.71 bits per heavy atom. The molecule has 0 saturated heterocycles. The highest BCUT2D eigenvalue weighted by Gasteiger charge is 2.08. The molecule has 0 radical (unpaired) electrons. The number of aromatic nitrogens is 1. The smallest absolute Gasteiger partial charge is 0.328 e. The van der Waals surface area contributed by atoms with Crippen LogP contribution in [-0.4, -0.2) is 28.7 Å². The van der Waals surface area contributed by atoms with Gasteiger partial charge in [-0.25, -0.2) is 9.78 Å². The van der Waals surface area contributed by atoms with Gasteiger partial charge >= 0.3 is 5.97 Å². The van der Waals surface area contributed by atoms with Crippen LogP contribution in [0.2, 0.25) is 10.0 Å². The molecule has 2 N–H and O–H groups in total. The summed E-state index contributed by atoms with van der Waals surface area (Å²) in [6.45, 7) is 2.35. The first-order valence-corrected chi connectivity index (χ1v) is 7.91. The van der Waals surface area contributed by atoms with E-state index in [4.69, 9.17) is 33.0 Å². The number of anilines is 1. The van der Waals surface area contributed by atoms with Crippen molar-refractivity contribution in [2.45, 2.75) is 13.0 Å². The van der Waals surface area contributed by atoms with E-state index in [1.165, 1.54) is 6.08 Å².